The second kappa shape index (κ2) is 5.62. The van der Waals surface area contributed by atoms with Gasteiger partial charge in [0.1, 0.15) is 0 Å². The maximum absolute atomic E-state index is 13.0. The molecular formula is C21H15N3O2S. The Bertz CT molecular complexity index is 1540. The Hall–Kier alpha value is -3.25. The first kappa shape index (κ1) is 16.0. The lowest BCUT2D eigenvalue weighted by Crippen LogP contribution is -2.24. The van der Waals surface area contributed by atoms with E-state index in [0.717, 1.165) is 33.1 Å². The molecule has 2 aromatic carbocycles. The van der Waals surface area contributed by atoms with Crippen molar-refractivity contribution < 1.29 is 0 Å². The van der Waals surface area contributed by atoms with Crippen LogP contribution in [0.5, 0.6) is 0 Å². The summed E-state index contributed by atoms with van der Waals surface area (Å²) in [5, 5.41) is 0.925. The number of fused-ring (bicyclic) bond motifs is 4. The van der Waals surface area contributed by atoms with Gasteiger partial charge in [-0.15, -0.1) is 0 Å². The number of H-pyrrole nitrogens is 1. The third kappa shape index (κ3) is 2.41. The predicted octanol–water partition coefficient (Wildman–Crippen LogP) is 2.92. The number of para-hydroxylation sites is 1. The Morgan fingerprint density at radius 2 is 1.93 bits per heavy atom. The lowest BCUT2D eigenvalue weighted by molar-refractivity contribution is 1.18. The number of nitrogens with one attached hydrogen (secondary N) is 1. The van der Waals surface area contributed by atoms with Gasteiger partial charge in [-0.3, -0.25) is 9.59 Å². The number of hydrogen-bond acceptors (Lipinski definition) is 4. The SMILES string of the molecule is Cc1cc(C)c2nc3s/c(=C/c4cc5ccccc5[nH]c4=O)c(=O)n3c2c1. The summed E-state index contributed by atoms with van der Waals surface area (Å²) >= 11 is 1.30. The lowest BCUT2D eigenvalue weighted by Gasteiger charge is -1.98. The Morgan fingerprint density at radius 3 is 2.78 bits per heavy atom. The van der Waals surface area contributed by atoms with E-state index < -0.39 is 0 Å². The van der Waals surface area contributed by atoms with Crippen LogP contribution in [0.4, 0.5) is 0 Å². The highest BCUT2D eigenvalue weighted by molar-refractivity contribution is 7.15. The summed E-state index contributed by atoms with van der Waals surface area (Å²) in [7, 11) is 0. The van der Waals surface area contributed by atoms with Gasteiger partial charge < -0.3 is 4.98 Å². The van der Waals surface area contributed by atoms with E-state index in [1.807, 2.05) is 50.2 Å². The molecule has 0 fully saturated rings. The van der Waals surface area contributed by atoms with Crippen molar-refractivity contribution in [3.8, 4) is 0 Å². The Morgan fingerprint density at radius 1 is 1.11 bits per heavy atom. The number of nitrogens with zero attached hydrogens (tertiary/aromatic N) is 2. The standard InChI is InChI=1S/C21H15N3O2S/c1-11-7-12(2)18-16(8-11)24-20(26)17(27-21(24)23-18)10-14-9-13-5-3-4-6-15(13)22-19(14)25/h3-10H,1-2H3,(H,22,25)/b17-10+. The third-order valence-electron chi connectivity index (χ3n) is 4.75. The predicted molar refractivity (Wildman–Crippen MR) is 110 cm³/mol. The molecule has 0 aliphatic rings. The molecule has 5 nitrogen and oxygen atoms in total. The number of aromatic nitrogens is 3. The molecule has 0 atom stereocenters. The molecule has 3 aromatic heterocycles. The number of hydrogen-bond donors (Lipinski definition) is 1. The molecule has 0 bridgehead atoms. The van der Waals surface area contributed by atoms with Crippen molar-refractivity contribution in [2.75, 3.05) is 0 Å². The molecule has 132 valence electrons. The summed E-state index contributed by atoms with van der Waals surface area (Å²) in [5.41, 5.74) is 4.69. The summed E-state index contributed by atoms with van der Waals surface area (Å²) in [4.78, 5) is 33.5. The Labute approximate surface area is 157 Å². The van der Waals surface area contributed by atoms with Crippen LogP contribution in [-0.4, -0.2) is 14.4 Å². The lowest BCUT2D eigenvalue weighted by atomic mass is 10.1. The normalized spacial score (nSPS) is 12.6. The van der Waals surface area contributed by atoms with Crippen LogP contribution >= 0.6 is 11.3 Å². The largest absolute Gasteiger partial charge is 0.321 e. The number of benzene rings is 2. The number of rotatable bonds is 1. The molecule has 0 aliphatic heterocycles. The van der Waals surface area contributed by atoms with Gasteiger partial charge in [-0.05, 0) is 54.6 Å². The van der Waals surface area contributed by atoms with Crippen molar-refractivity contribution in [2.45, 2.75) is 13.8 Å². The molecule has 5 aromatic rings. The first-order valence-corrected chi connectivity index (χ1v) is 9.39. The van der Waals surface area contributed by atoms with E-state index in [4.69, 9.17) is 0 Å². The number of aryl methyl sites for hydroxylation is 2. The summed E-state index contributed by atoms with van der Waals surface area (Å²) in [5.74, 6) is 0. The van der Waals surface area contributed by atoms with Gasteiger partial charge in [-0.25, -0.2) is 9.38 Å². The van der Waals surface area contributed by atoms with Crippen molar-refractivity contribution >= 4 is 44.3 Å². The van der Waals surface area contributed by atoms with E-state index in [0.29, 0.717) is 15.1 Å². The fraction of sp³-hybridized carbons (Fsp3) is 0.0952. The zero-order valence-corrected chi connectivity index (χ0v) is 15.6. The minimum atomic E-state index is -0.212. The molecule has 6 heteroatoms. The van der Waals surface area contributed by atoms with Gasteiger partial charge in [0.05, 0.1) is 15.6 Å². The summed E-state index contributed by atoms with van der Waals surface area (Å²) in [6.45, 7) is 4.00. The van der Waals surface area contributed by atoms with Crippen LogP contribution in [0.3, 0.4) is 0 Å². The van der Waals surface area contributed by atoms with Crippen molar-refractivity contribution in [1.29, 1.82) is 0 Å². The quantitative estimate of drug-likeness (QED) is 0.491. The van der Waals surface area contributed by atoms with Gasteiger partial charge >= 0.3 is 0 Å². The van der Waals surface area contributed by atoms with Crippen molar-refractivity contribution in [3.05, 3.63) is 84.4 Å². The Balaban J connectivity index is 1.81. The maximum Gasteiger partial charge on any atom is 0.274 e. The van der Waals surface area contributed by atoms with E-state index in [-0.39, 0.29) is 11.1 Å². The molecule has 1 N–H and O–H groups in total. The van der Waals surface area contributed by atoms with Gasteiger partial charge in [0.2, 0.25) is 0 Å². The summed E-state index contributed by atoms with van der Waals surface area (Å²) in [6.07, 6.45) is 1.65. The molecule has 0 saturated carbocycles. The van der Waals surface area contributed by atoms with Gasteiger partial charge in [0.15, 0.2) is 4.96 Å². The Kier molecular flexibility index (Phi) is 3.32. The minimum Gasteiger partial charge on any atom is -0.321 e. The molecule has 0 aliphatic carbocycles. The average molecular weight is 373 g/mol. The highest BCUT2D eigenvalue weighted by Gasteiger charge is 2.13. The molecule has 5 rings (SSSR count). The first-order valence-electron chi connectivity index (χ1n) is 8.57. The fourth-order valence-electron chi connectivity index (χ4n) is 3.52. The van der Waals surface area contributed by atoms with Crippen molar-refractivity contribution in [2.24, 2.45) is 0 Å². The summed E-state index contributed by atoms with van der Waals surface area (Å²) in [6, 6.07) is 13.4. The van der Waals surface area contributed by atoms with Crippen LogP contribution in [0, 0.1) is 13.8 Å². The third-order valence-corrected chi connectivity index (χ3v) is 5.72. The topological polar surface area (TPSA) is 67.2 Å². The van der Waals surface area contributed by atoms with E-state index in [1.54, 1.807) is 10.5 Å². The molecule has 0 amide bonds. The molecule has 0 radical (unpaired) electrons. The van der Waals surface area contributed by atoms with Gasteiger partial charge in [0, 0.05) is 11.1 Å². The summed E-state index contributed by atoms with van der Waals surface area (Å²) < 4.78 is 2.14. The number of imidazole rings is 1. The number of thiazole rings is 1. The molecule has 0 unspecified atom stereocenters. The van der Waals surface area contributed by atoms with Gasteiger partial charge in [0.25, 0.3) is 11.1 Å². The van der Waals surface area contributed by atoms with Crippen LogP contribution in [0.2, 0.25) is 0 Å². The van der Waals surface area contributed by atoms with Crippen LogP contribution in [-0.2, 0) is 0 Å². The molecule has 27 heavy (non-hydrogen) atoms. The zero-order valence-electron chi connectivity index (χ0n) is 14.7. The van der Waals surface area contributed by atoms with Crippen molar-refractivity contribution in [1.82, 2.24) is 14.4 Å². The van der Waals surface area contributed by atoms with Crippen LogP contribution in [0.15, 0.2) is 52.1 Å². The van der Waals surface area contributed by atoms with Gasteiger partial charge in [-0.1, -0.05) is 35.6 Å². The van der Waals surface area contributed by atoms with E-state index in [2.05, 4.69) is 16.0 Å². The fourth-order valence-corrected chi connectivity index (χ4v) is 4.49. The monoisotopic (exact) mass is 373 g/mol. The smallest absolute Gasteiger partial charge is 0.274 e. The van der Waals surface area contributed by atoms with Gasteiger partial charge in [-0.2, -0.15) is 0 Å². The molecule has 3 heterocycles. The van der Waals surface area contributed by atoms with Crippen LogP contribution < -0.4 is 15.7 Å². The van der Waals surface area contributed by atoms with E-state index >= 15 is 0 Å². The minimum absolute atomic E-state index is 0.143. The van der Waals surface area contributed by atoms with E-state index in [9.17, 15) is 9.59 Å². The highest BCUT2D eigenvalue weighted by atomic mass is 32.1. The second-order valence-electron chi connectivity index (χ2n) is 6.74. The highest BCUT2D eigenvalue weighted by Crippen LogP contribution is 2.21. The molecule has 0 spiro atoms. The molecule has 0 saturated heterocycles. The molecular weight excluding hydrogens is 358 g/mol. The van der Waals surface area contributed by atoms with Crippen LogP contribution in [0.1, 0.15) is 16.7 Å². The van der Waals surface area contributed by atoms with Crippen molar-refractivity contribution in [3.63, 3.8) is 0 Å². The first-order chi connectivity index (χ1) is 13.0. The average Bonchev–Trinajstić information content (AvgIpc) is 3.13. The van der Waals surface area contributed by atoms with E-state index in [1.165, 1.54) is 11.3 Å². The maximum atomic E-state index is 13.0. The second-order valence-corrected chi connectivity index (χ2v) is 7.75. The zero-order chi connectivity index (χ0) is 18.7. The van der Waals surface area contributed by atoms with Crippen LogP contribution in [0.25, 0.3) is 33.0 Å². The number of pyridine rings is 1. The number of aromatic amines is 1.